The minimum Gasteiger partial charge on any atom is -0.372 e. The molecular formula is C16H27ClN2. The van der Waals surface area contributed by atoms with E-state index < -0.39 is 0 Å². The van der Waals surface area contributed by atoms with Crippen LogP contribution in [0.3, 0.4) is 0 Å². The van der Waals surface area contributed by atoms with Gasteiger partial charge in [-0.25, -0.2) is 0 Å². The molecule has 0 fully saturated rings. The summed E-state index contributed by atoms with van der Waals surface area (Å²) < 4.78 is 0. The van der Waals surface area contributed by atoms with Gasteiger partial charge in [0.15, 0.2) is 0 Å². The van der Waals surface area contributed by atoms with E-state index in [-0.39, 0.29) is 5.54 Å². The standard InChI is InChI=1S/C16H27ClN2/c1-6-10-19(11-7-2)13-8-9-14(15(17)12-13)16(3,4)18-5/h8-9,12,18H,6-7,10-11H2,1-5H3. The van der Waals surface area contributed by atoms with E-state index >= 15 is 0 Å². The zero-order chi connectivity index (χ0) is 14.5. The number of nitrogens with one attached hydrogen (secondary N) is 1. The summed E-state index contributed by atoms with van der Waals surface area (Å²) >= 11 is 6.47. The Bertz CT molecular complexity index is 396. The summed E-state index contributed by atoms with van der Waals surface area (Å²) in [6, 6.07) is 6.43. The van der Waals surface area contributed by atoms with E-state index in [2.05, 4.69) is 56.1 Å². The lowest BCUT2D eigenvalue weighted by atomic mass is 9.94. The van der Waals surface area contributed by atoms with Crippen molar-refractivity contribution in [3.8, 4) is 0 Å². The predicted octanol–water partition coefficient (Wildman–Crippen LogP) is 4.42. The second-order valence-corrected chi connectivity index (χ2v) is 5.93. The van der Waals surface area contributed by atoms with E-state index in [0.29, 0.717) is 0 Å². The molecule has 0 amide bonds. The van der Waals surface area contributed by atoms with Crippen molar-refractivity contribution in [1.29, 1.82) is 0 Å². The van der Waals surface area contributed by atoms with Crippen molar-refractivity contribution < 1.29 is 0 Å². The molecule has 0 radical (unpaired) electrons. The van der Waals surface area contributed by atoms with Crippen LogP contribution >= 0.6 is 11.6 Å². The average molecular weight is 283 g/mol. The molecule has 0 spiro atoms. The third-order valence-corrected chi connectivity index (χ3v) is 3.92. The van der Waals surface area contributed by atoms with Gasteiger partial charge in [0.1, 0.15) is 0 Å². The van der Waals surface area contributed by atoms with Gasteiger partial charge < -0.3 is 10.2 Å². The maximum absolute atomic E-state index is 6.47. The van der Waals surface area contributed by atoms with Gasteiger partial charge in [-0.05, 0) is 51.4 Å². The Labute approximate surface area is 123 Å². The number of halogens is 1. The maximum Gasteiger partial charge on any atom is 0.0477 e. The Morgan fingerprint density at radius 2 is 1.74 bits per heavy atom. The molecule has 108 valence electrons. The first-order valence-corrected chi connectivity index (χ1v) is 7.58. The molecule has 0 bridgehead atoms. The molecule has 3 heteroatoms. The maximum atomic E-state index is 6.47. The van der Waals surface area contributed by atoms with Gasteiger partial charge in [0, 0.05) is 29.3 Å². The number of rotatable bonds is 7. The van der Waals surface area contributed by atoms with E-state index in [4.69, 9.17) is 11.6 Å². The first-order chi connectivity index (χ1) is 8.96. The molecule has 1 aromatic carbocycles. The van der Waals surface area contributed by atoms with Crippen molar-refractivity contribution >= 4 is 17.3 Å². The Kier molecular flexibility index (Phi) is 6.15. The molecule has 0 unspecified atom stereocenters. The summed E-state index contributed by atoms with van der Waals surface area (Å²) in [5.41, 5.74) is 2.27. The fraction of sp³-hybridized carbons (Fsp3) is 0.625. The van der Waals surface area contributed by atoms with Gasteiger partial charge in [-0.3, -0.25) is 0 Å². The molecule has 19 heavy (non-hydrogen) atoms. The highest BCUT2D eigenvalue weighted by atomic mass is 35.5. The molecule has 0 atom stereocenters. The molecule has 0 heterocycles. The minimum absolute atomic E-state index is 0.101. The highest BCUT2D eigenvalue weighted by Gasteiger charge is 2.21. The van der Waals surface area contributed by atoms with Gasteiger partial charge in [-0.15, -0.1) is 0 Å². The van der Waals surface area contributed by atoms with Crippen LogP contribution in [0.25, 0.3) is 0 Å². The molecule has 1 N–H and O–H groups in total. The third kappa shape index (κ3) is 4.12. The monoisotopic (exact) mass is 282 g/mol. The molecule has 0 aromatic heterocycles. The molecule has 0 aliphatic rings. The van der Waals surface area contributed by atoms with Crippen molar-refractivity contribution in [2.75, 3.05) is 25.0 Å². The van der Waals surface area contributed by atoms with Crippen molar-refractivity contribution in [2.24, 2.45) is 0 Å². The molecule has 0 aliphatic heterocycles. The topological polar surface area (TPSA) is 15.3 Å². The Hall–Kier alpha value is -0.730. The van der Waals surface area contributed by atoms with Crippen LogP contribution in [0.1, 0.15) is 46.1 Å². The van der Waals surface area contributed by atoms with E-state index in [1.54, 1.807) is 0 Å². The van der Waals surface area contributed by atoms with Crippen LogP contribution in [0.15, 0.2) is 18.2 Å². The fourth-order valence-electron chi connectivity index (χ4n) is 2.25. The first-order valence-electron chi connectivity index (χ1n) is 7.20. The number of anilines is 1. The number of benzene rings is 1. The van der Waals surface area contributed by atoms with Crippen molar-refractivity contribution in [3.63, 3.8) is 0 Å². The Morgan fingerprint density at radius 3 is 2.16 bits per heavy atom. The summed E-state index contributed by atoms with van der Waals surface area (Å²) in [5, 5.41) is 4.14. The molecule has 2 nitrogen and oxygen atoms in total. The van der Waals surface area contributed by atoms with Crippen LogP contribution in [-0.4, -0.2) is 20.1 Å². The number of hydrogen-bond donors (Lipinski definition) is 1. The average Bonchev–Trinajstić information content (AvgIpc) is 2.38. The summed E-state index contributed by atoms with van der Waals surface area (Å²) in [4.78, 5) is 2.40. The lowest BCUT2D eigenvalue weighted by Gasteiger charge is -2.28. The van der Waals surface area contributed by atoms with E-state index in [1.165, 1.54) is 5.69 Å². The summed E-state index contributed by atoms with van der Waals surface area (Å²) in [6.07, 6.45) is 2.31. The van der Waals surface area contributed by atoms with Gasteiger partial charge >= 0.3 is 0 Å². The van der Waals surface area contributed by atoms with Crippen LogP contribution < -0.4 is 10.2 Å². The van der Waals surface area contributed by atoms with Gasteiger partial charge in [0.05, 0.1) is 0 Å². The van der Waals surface area contributed by atoms with Gasteiger partial charge in [0.25, 0.3) is 0 Å². The fourth-order valence-corrected chi connectivity index (χ4v) is 2.66. The Morgan fingerprint density at radius 1 is 1.16 bits per heavy atom. The molecule has 0 saturated carbocycles. The number of hydrogen-bond acceptors (Lipinski definition) is 2. The molecule has 0 aliphatic carbocycles. The van der Waals surface area contributed by atoms with Gasteiger partial charge in [-0.1, -0.05) is 31.5 Å². The third-order valence-electron chi connectivity index (χ3n) is 3.60. The molecule has 1 aromatic rings. The van der Waals surface area contributed by atoms with Crippen LogP contribution in [0.5, 0.6) is 0 Å². The SMILES string of the molecule is CCCN(CCC)c1ccc(C(C)(C)NC)c(Cl)c1. The van der Waals surface area contributed by atoms with Crippen LogP contribution in [0.4, 0.5) is 5.69 Å². The van der Waals surface area contributed by atoms with Gasteiger partial charge in [0.2, 0.25) is 0 Å². The van der Waals surface area contributed by atoms with Crippen LogP contribution in [0.2, 0.25) is 5.02 Å². The lowest BCUT2D eigenvalue weighted by Crippen LogP contribution is -2.33. The van der Waals surface area contributed by atoms with E-state index in [9.17, 15) is 0 Å². The molecular weight excluding hydrogens is 256 g/mol. The summed E-state index contributed by atoms with van der Waals surface area (Å²) in [5.74, 6) is 0. The summed E-state index contributed by atoms with van der Waals surface area (Å²) in [7, 11) is 1.96. The zero-order valence-corrected chi connectivity index (χ0v) is 13.6. The van der Waals surface area contributed by atoms with E-state index in [0.717, 1.165) is 36.5 Å². The van der Waals surface area contributed by atoms with Crippen molar-refractivity contribution in [1.82, 2.24) is 5.32 Å². The lowest BCUT2D eigenvalue weighted by molar-refractivity contribution is 0.445. The van der Waals surface area contributed by atoms with Crippen LogP contribution in [-0.2, 0) is 5.54 Å². The smallest absolute Gasteiger partial charge is 0.0477 e. The zero-order valence-electron chi connectivity index (χ0n) is 12.9. The second kappa shape index (κ2) is 7.16. The minimum atomic E-state index is -0.101. The molecule has 1 rings (SSSR count). The largest absolute Gasteiger partial charge is 0.372 e. The first kappa shape index (κ1) is 16.3. The van der Waals surface area contributed by atoms with Crippen molar-refractivity contribution in [2.45, 2.75) is 46.1 Å². The highest BCUT2D eigenvalue weighted by molar-refractivity contribution is 6.31. The predicted molar refractivity (Wildman–Crippen MR) is 86.3 cm³/mol. The van der Waals surface area contributed by atoms with Crippen molar-refractivity contribution in [3.05, 3.63) is 28.8 Å². The summed E-state index contributed by atoms with van der Waals surface area (Å²) in [6.45, 7) is 10.9. The number of nitrogens with zero attached hydrogens (tertiary/aromatic N) is 1. The highest BCUT2D eigenvalue weighted by Crippen LogP contribution is 2.31. The second-order valence-electron chi connectivity index (χ2n) is 5.53. The molecule has 0 saturated heterocycles. The van der Waals surface area contributed by atoms with E-state index in [1.807, 2.05) is 7.05 Å². The quantitative estimate of drug-likeness (QED) is 0.796. The van der Waals surface area contributed by atoms with Gasteiger partial charge in [-0.2, -0.15) is 0 Å². The normalized spacial score (nSPS) is 11.7. The Balaban J connectivity index is 3.04. The van der Waals surface area contributed by atoms with Crippen LogP contribution in [0, 0.1) is 0 Å².